The number of hydrogen-bond acceptors (Lipinski definition) is 1. The van der Waals surface area contributed by atoms with Crippen LogP contribution in [0.25, 0.3) is 11.1 Å². The van der Waals surface area contributed by atoms with Crippen molar-refractivity contribution in [2.45, 2.75) is 53.9 Å². The molecule has 0 fully saturated rings. The Kier molecular flexibility index (Phi) is 5.62. The maximum atomic E-state index is 11.4. The summed E-state index contributed by atoms with van der Waals surface area (Å²) in [5.41, 5.74) is 13.6. The monoisotopic (exact) mass is 408 g/mol. The third kappa shape index (κ3) is 3.85. The number of benzene rings is 3. The number of rotatable bonds is 4. The summed E-state index contributed by atoms with van der Waals surface area (Å²) < 4.78 is 0. The third-order valence-electron chi connectivity index (χ3n) is 6.99. The predicted molar refractivity (Wildman–Crippen MR) is 132 cm³/mol. The van der Waals surface area contributed by atoms with Crippen molar-refractivity contribution < 1.29 is 5.11 Å². The van der Waals surface area contributed by atoms with Gasteiger partial charge in [0.05, 0.1) is 0 Å². The fraction of sp³-hybridized carbons (Fsp3) is 0.267. The van der Waals surface area contributed by atoms with E-state index in [1.165, 1.54) is 44.5 Å². The zero-order valence-electron chi connectivity index (χ0n) is 19.5. The number of phenols is 1. The molecule has 0 radical (unpaired) electrons. The van der Waals surface area contributed by atoms with E-state index in [1.54, 1.807) is 0 Å². The van der Waals surface area contributed by atoms with Crippen LogP contribution in [0.15, 0.2) is 83.0 Å². The smallest absolute Gasteiger partial charge is 0.126 e. The molecule has 0 saturated carbocycles. The highest BCUT2D eigenvalue weighted by Crippen LogP contribution is 2.48. The van der Waals surface area contributed by atoms with E-state index in [1.807, 2.05) is 6.07 Å². The minimum atomic E-state index is 0.271. The number of aromatic hydroxyl groups is 1. The zero-order chi connectivity index (χ0) is 22.3. The molecule has 0 saturated heterocycles. The van der Waals surface area contributed by atoms with Crippen molar-refractivity contribution in [3.05, 3.63) is 111 Å². The highest BCUT2D eigenvalue weighted by atomic mass is 16.3. The average molecular weight is 409 g/mol. The Balaban J connectivity index is 1.89. The van der Waals surface area contributed by atoms with Crippen LogP contribution in [-0.4, -0.2) is 5.11 Å². The van der Waals surface area contributed by atoms with Crippen molar-refractivity contribution in [3.63, 3.8) is 0 Å². The van der Waals surface area contributed by atoms with Crippen molar-refractivity contribution >= 4 is 0 Å². The van der Waals surface area contributed by atoms with Gasteiger partial charge in [0.15, 0.2) is 0 Å². The Labute approximate surface area is 186 Å². The van der Waals surface area contributed by atoms with Gasteiger partial charge >= 0.3 is 0 Å². The van der Waals surface area contributed by atoms with Crippen molar-refractivity contribution in [2.24, 2.45) is 0 Å². The Bertz CT molecular complexity index is 1180. The lowest BCUT2D eigenvalue weighted by atomic mass is 9.82. The minimum absolute atomic E-state index is 0.271. The number of phenolic OH excluding ortho intramolecular Hbond substituents is 1. The van der Waals surface area contributed by atoms with E-state index in [4.69, 9.17) is 0 Å². The standard InChI is InChI=1S/C30H32O/c1-18-12-13-26(27(15-18)29-22(5)20(3)21(4)23(29)6)28-16-19(2)14-25(30(28)31)17-24-10-8-7-9-11-24/h7-16,29,31H,17H2,1-6H3. The van der Waals surface area contributed by atoms with E-state index >= 15 is 0 Å². The second-order valence-electron chi connectivity index (χ2n) is 9.12. The summed E-state index contributed by atoms with van der Waals surface area (Å²) >= 11 is 0. The van der Waals surface area contributed by atoms with Crippen LogP contribution in [0, 0.1) is 13.8 Å². The van der Waals surface area contributed by atoms with Crippen LogP contribution in [0.4, 0.5) is 0 Å². The van der Waals surface area contributed by atoms with Crippen LogP contribution >= 0.6 is 0 Å². The lowest BCUT2D eigenvalue weighted by Gasteiger charge is -2.22. The van der Waals surface area contributed by atoms with Crippen molar-refractivity contribution in [2.75, 3.05) is 0 Å². The highest BCUT2D eigenvalue weighted by molar-refractivity contribution is 5.78. The third-order valence-corrected chi connectivity index (χ3v) is 6.99. The van der Waals surface area contributed by atoms with E-state index in [2.05, 4.69) is 96.1 Å². The summed E-state index contributed by atoms with van der Waals surface area (Å²) in [5.74, 6) is 0.668. The van der Waals surface area contributed by atoms with Crippen LogP contribution in [0.1, 0.15) is 61.4 Å². The second-order valence-corrected chi connectivity index (χ2v) is 9.12. The fourth-order valence-electron chi connectivity index (χ4n) is 4.99. The van der Waals surface area contributed by atoms with Crippen molar-refractivity contribution in [1.82, 2.24) is 0 Å². The molecule has 3 aromatic rings. The normalized spacial score (nSPS) is 14.6. The lowest BCUT2D eigenvalue weighted by Crippen LogP contribution is -2.03. The number of allylic oxidation sites excluding steroid dienone is 4. The molecule has 1 N–H and O–H groups in total. The van der Waals surface area contributed by atoms with E-state index in [0.29, 0.717) is 5.75 Å². The maximum absolute atomic E-state index is 11.4. The quantitative estimate of drug-likeness (QED) is 0.463. The van der Waals surface area contributed by atoms with Gasteiger partial charge in [-0.3, -0.25) is 0 Å². The van der Waals surface area contributed by atoms with E-state index < -0.39 is 0 Å². The molecule has 0 amide bonds. The summed E-state index contributed by atoms with van der Waals surface area (Å²) in [6, 6.07) is 21.3. The van der Waals surface area contributed by atoms with Gasteiger partial charge in [0.25, 0.3) is 0 Å². The van der Waals surface area contributed by atoms with Gasteiger partial charge in [-0.15, -0.1) is 0 Å². The Morgan fingerprint density at radius 2 is 1.32 bits per heavy atom. The maximum Gasteiger partial charge on any atom is 0.126 e. The molecular formula is C30H32O. The van der Waals surface area contributed by atoms with E-state index in [0.717, 1.165) is 23.1 Å². The molecule has 1 aliphatic carbocycles. The molecule has 0 aromatic heterocycles. The van der Waals surface area contributed by atoms with Gasteiger partial charge in [0.1, 0.15) is 5.75 Å². The van der Waals surface area contributed by atoms with Gasteiger partial charge in [-0.05, 0) is 86.6 Å². The summed E-state index contributed by atoms with van der Waals surface area (Å²) in [4.78, 5) is 0. The highest BCUT2D eigenvalue weighted by Gasteiger charge is 2.28. The average Bonchev–Trinajstić information content (AvgIpc) is 2.94. The van der Waals surface area contributed by atoms with Gasteiger partial charge in [0, 0.05) is 17.9 Å². The number of hydrogen-bond donors (Lipinski definition) is 1. The molecule has 0 unspecified atom stereocenters. The summed E-state index contributed by atoms with van der Waals surface area (Å²) in [5, 5.41) is 11.4. The molecule has 0 aliphatic heterocycles. The van der Waals surface area contributed by atoms with Gasteiger partial charge < -0.3 is 5.11 Å². The SMILES string of the molecule is CC1=C(C)C(c2cc(C)ccc2-c2cc(C)cc(Cc3ccccc3)c2O)C(C)=C1C. The molecule has 1 nitrogen and oxygen atoms in total. The molecular weight excluding hydrogens is 376 g/mol. The van der Waals surface area contributed by atoms with Crippen molar-refractivity contribution in [3.8, 4) is 16.9 Å². The second kappa shape index (κ2) is 8.23. The first kappa shape index (κ1) is 21.2. The lowest BCUT2D eigenvalue weighted by molar-refractivity contribution is 0.471. The first-order chi connectivity index (χ1) is 14.8. The molecule has 0 spiro atoms. The van der Waals surface area contributed by atoms with Gasteiger partial charge in [-0.1, -0.05) is 71.3 Å². The summed E-state index contributed by atoms with van der Waals surface area (Å²) in [7, 11) is 0. The number of aryl methyl sites for hydroxylation is 2. The van der Waals surface area contributed by atoms with Crippen LogP contribution in [-0.2, 0) is 6.42 Å². The fourth-order valence-corrected chi connectivity index (χ4v) is 4.99. The van der Waals surface area contributed by atoms with Gasteiger partial charge in [0.2, 0.25) is 0 Å². The van der Waals surface area contributed by atoms with E-state index in [-0.39, 0.29) is 5.92 Å². The topological polar surface area (TPSA) is 20.2 Å². The van der Waals surface area contributed by atoms with Crippen LogP contribution in [0.3, 0.4) is 0 Å². The first-order valence-electron chi connectivity index (χ1n) is 11.1. The Morgan fingerprint density at radius 1 is 0.677 bits per heavy atom. The minimum Gasteiger partial charge on any atom is -0.507 e. The van der Waals surface area contributed by atoms with Crippen LogP contribution in [0.5, 0.6) is 5.75 Å². The van der Waals surface area contributed by atoms with Gasteiger partial charge in [-0.2, -0.15) is 0 Å². The Hall–Kier alpha value is -3.06. The largest absolute Gasteiger partial charge is 0.507 e. The molecule has 0 heterocycles. The summed E-state index contributed by atoms with van der Waals surface area (Å²) in [6.45, 7) is 13.2. The molecule has 31 heavy (non-hydrogen) atoms. The zero-order valence-corrected chi connectivity index (χ0v) is 19.5. The van der Waals surface area contributed by atoms with Crippen molar-refractivity contribution in [1.29, 1.82) is 0 Å². The van der Waals surface area contributed by atoms with Gasteiger partial charge in [-0.25, -0.2) is 0 Å². The molecule has 3 aromatic carbocycles. The molecule has 1 heteroatoms. The van der Waals surface area contributed by atoms with Crippen LogP contribution < -0.4 is 0 Å². The molecule has 4 rings (SSSR count). The molecule has 158 valence electrons. The molecule has 0 bridgehead atoms. The van der Waals surface area contributed by atoms with E-state index in [9.17, 15) is 5.11 Å². The van der Waals surface area contributed by atoms with Crippen LogP contribution in [0.2, 0.25) is 0 Å². The molecule has 1 aliphatic rings. The molecule has 0 atom stereocenters. The first-order valence-corrected chi connectivity index (χ1v) is 11.1. The predicted octanol–water partition coefficient (Wildman–Crippen LogP) is 8.04. The summed E-state index contributed by atoms with van der Waals surface area (Å²) in [6.07, 6.45) is 0.724. The Morgan fingerprint density at radius 3 is 1.97 bits per heavy atom.